The summed E-state index contributed by atoms with van der Waals surface area (Å²) >= 11 is 0. The summed E-state index contributed by atoms with van der Waals surface area (Å²) < 4.78 is 4.94. The van der Waals surface area contributed by atoms with E-state index in [4.69, 9.17) is 4.52 Å². The molecule has 2 aromatic heterocycles. The molecule has 2 heterocycles. The second-order valence-electron chi connectivity index (χ2n) is 4.71. The van der Waals surface area contributed by atoms with E-state index in [1.54, 1.807) is 25.1 Å². The molecule has 0 aliphatic carbocycles. The van der Waals surface area contributed by atoms with Gasteiger partial charge in [-0.1, -0.05) is 24.9 Å². The Morgan fingerprint density at radius 2 is 2.10 bits per heavy atom. The topological polar surface area (TPSA) is 92.9 Å². The Morgan fingerprint density at radius 1 is 1.24 bits per heavy atom. The van der Waals surface area contributed by atoms with Gasteiger partial charge in [-0.05, 0) is 25.5 Å². The molecule has 2 rings (SSSR count). The van der Waals surface area contributed by atoms with E-state index in [0.29, 0.717) is 29.6 Å². The van der Waals surface area contributed by atoms with Gasteiger partial charge in [0.1, 0.15) is 5.76 Å². The predicted octanol–water partition coefficient (Wildman–Crippen LogP) is 2.44. The molecule has 0 radical (unpaired) electrons. The van der Waals surface area contributed by atoms with Crippen molar-refractivity contribution in [1.29, 1.82) is 0 Å². The summed E-state index contributed by atoms with van der Waals surface area (Å²) in [5.74, 6) is 1.56. The maximum atomic E-state index is 11.8. The van der Waals surface area contributed by atoms with E-state index < -0.39 is 0 Å². The van der Waals surface area contributed by atoms with Crippen LogP contribution in [0.5, 0.6) is 0 Å². The number of aromatic nitrogens is 3. The molecule has 0 bridgehead atoms. The fourth-order valence-electron chi connectivity index (χ4n) is 1.74. The van der Waals surface area contributed by atoms with Gasteiger partial charge in [-0.3, -0.25) is 4.79 Å². The molecule has 7 heteroatoms. The van der Waals surface area contributed by atoms with E-state index in [2.05, 4.69) is 32.9 Å². The summed E-state index contributed by atoms with van der Waals surface area (Å²) in [6, 6.07) is 5.05. The van der Waals surface area contributed by atoms with Crippen LogP contribution in [0.3, 0.4) is 0 Å². The fraction of sp³-hybridized carbons (Fsp3) is 0.429. The van der Waals surface area contributed by atoms with Gasteiger partial charge in [0, 0.05) is 12.6 Å². The third-order valence-corrected chi connectivity index (χ3v) is 2.85. The maximum absolute atomic E-state index is 11.8. The predicted molar refractivity (Wildman–Crippen MR) is 78.4 cm³/mol. The zero-order valence-corrected chi connectivity index (χ0v) is 12.2. The molecule has 0 aromatic carbocycles. The van der Waals surface area contributed by atoms with Gasteiger partial charge in [-0.25, -0.2) is 0 Å². The summed E-state index contributed by atoms with van der Waals surface area (Å²) in [6.07, 6.45) is 3.20. The average molecular weight is 289 g/mol. The lowest BCUT2D eigenvalue weighted by Crippen LogP contribution is -2.25. The lowest BCUT2D eigenvalue weighted by molar-refractivity contribution is 0.0947. The van der Waals surface area contributed by atoms with Gasteiger partial charge in [0.25, 0.3) is 5.91 Å². The van der Waals surface area contributed by atoms with Crippen molar-refractivity contribution in [3.8, 4) is 0 Å². The first-order valence-corrected chi connectivity index (χ1v) is 7.01. The minimum Gasteiger partial charge on any atom is -0.360 e. The Bertz CT molecular complexity index is 579. The number of carbonyl (C=O) groups excluding carboxylic acids is 1. The SMILES string of the molecule is CCCCCNC(=O)c1ccc(Nc2cc(C)on2)nn1. The first-order chi connectivity index (χ1) is 10.2. The zero-order chi connectivity index (χ0) is 15.1. The molecule has 7 nitrogen and oxygen atoms in total. The normalized spacial score (nSPS) is 10.4. The molecule has 2 aromatic rings. The summed E-state index contributed by atoms with van der Waals surface area (Å²) in [5.41, 5.74) is 0.299. The Labute approximate surface area is 123 Å². The second kappa shape index (κ2) is 7.37. The van der Waals surface area contributed by atoms with Gasteiger partial charge < -0.3 is 15.2 Å². The van der Waals surface area contributed by atoms with Crippen molar-refractivity contribution in [2.24, 2.45) is 0 Å². The molecular formula is C14H19N5O2. The Balaban J connectivity index is 1.87. The van der Waals surface area contributed by atoms with Crippen molar-refractivity contribution in [1.82, 2.24) is 20.7 Å². The van der Waals surface area contributed by atoms with Gasteiger partial charge >= 0.3 is 0 Å². The van der Waals surface area contributed by atoms with Crippen molar-refractivity contribution in [3.05, 3.63) is 29.7 Å². The Morgan fingerprint density at radius 3 is 2.71 bits per heavy atom. The van der Waals surface area contributed by atoms with Crippen LogP contribution in [-0.4, -0.2) is 27.8 Å². The third kappa shape index (κ3) is 4.55. The second-order valence-corrected chi connectivity index (χ2v) is 4.71. The number of carbonyl (C=O) groups is 1. The highest BCUT2D eigenvalue weighted by Gasteiger charge is 2.08. The molecule has 0 atom stereocenters. The summed E-state index contributed by atoms with van der Waals surface area (Å²) in [4.78, 5) is 11.8. The molecule has 0 aliphatic heterocycles. The first-order valence-electron chi connectivity index (χ1n) is 7.01. The largest absolute Gasteiger partial charge is 0.360 e. The molecule has 21 heavy (non-hydrogen) atoms. The summed E-state index contributed by atoms with van der Waals surface area (Å²) in [7, 11) is 0. The standard InChI is InChI=1S/C14H19N5O2/c1-3-4-5-8-15-14(20)11-6-7-12(18-17-11)16-13-9-10(2)21-19-13/h6-7,9H,3-5,8H2,1-2H3,(H,15,20)(H,16,18,19). The molecule has 112 valence electrons. The van der Waals surface area contributed by atoms with E-state index in [1.165, 1.54) is 0 Å². The summed E-state index contributed by atoms with van der Waals surface area (Å²) in [5, 5.41) is 17.4. The van der Waals surface area contributed by atoms with Crippen molar-refractivity contribution in [3.63, 3.8) is 0 Å². The summed E-state index contributed by atoms with van der Waals surface area (Å²) in [6.45, 7) is 4.58. The highest BCUT2D eigenvalue weighted by molar-refractivity contribution is 5.92. The number of aryl methyl sites for hydroxylation is 1. The van der Waals surface area contributed by atoms with Crippen LogP contribution in [0.25, 0.3) is 0 Å². The van der Waals surface area contributed by atoms with Crippen molar-refractivity contribution in [2.45, 2.75) is 33.1 Å². The van der Waals surface area contributed by atoms with Gasteiger partial charge in [-0.15, -0.1) is 10.2 Å². The number of anilines is 2. The third-order valence-electron chi connectivity index (χ3n) is 2.85. The number of nitrogens with zero attached hydrogens (tertiary/aromatic N) is 3. The highest BCUT2D eigenvalue weighted by atomic mass is 16.5. The lowest BCUT2D eigenvalue weighted by atomic mass is 10.2. The van der Waals surface area contributed by atoms with Crippen LogP contribution in [0.2, 0.25) is 0 Å². The molecule has 0 unspecified atom stereocenters. The van der Waals surface area contributed by atoms with E-state index in [-0.39, 0.29) is 5.91 Å². The molecule has 0 spiro atoms. The van der Waals surface area contributed by atoms with Crippen LogP contribution in [-0.2, 0) is 0 Å². The first kappa shape index (κ1) is 15.0. The minimum atomic E-state index is -0.206. The van der Waals surface area contributed by atoms with Crippen molar-refractivity contribution in [2.75, 3.05) is 11.9 Å². The number of unbranched alkanes of at least 4 members (excludes halogenated alkanes) is 2. The lowest BCUT2D eigenvalue weighted by Gasteiger charge is -2.04. The minimum absolute atomic E-state index is 0.206. The molecule has 0 fully saturated rings. The monoisotopic (exact) mass is 289 g/mol. The molecule has 2 N–H and O–H groups in total. The van der Waals surface area contributed by atoms with Crippen LogP contribution in [0.4, 0.5) is 11.6 Å². The van der Waals surface area contributed by atoms with Crippen LogP contribution in [0.15, 0.2) is 22.7 Å². The molecule has 0 saturated heterocycles. The number of hydrogen-bond acceptors (Lipinski definition) is 6. The van der Waals surface area contributed by atoms with Crippen molar-refractivity contribution < 1.29 is 9.32 Å². The molecule has 0 aliphatic rings. The van der Waals surface area contributed by atoms with Crippen LogP contribution in [0.1, 0.15) is 42.4 Å². The highest BCUT2D eigenvalue weighted by Crippen LogP contribution is 2.13. The van der Waals surface area contributed by atoms with E-state index >= 15 is 0 Å². The fourth-order valence-corrected chi connectivity index (χ4v) is 1.74. The number of nitrogens with one attached hydrogen (secondary N) is 2. The number of rotatable bonds is 7. The number of amides is 1. The average Bonchev–Trinajstić information content (AvgIpc) is 2.89. The van der Waals surface area contributed by atoms with Crippen LogP contribution in [0, 0.1) is 6.92 Å². The van der Waals surface area contributed by atoms with E-state index in [0.717, 1.165) is 19.3 Å². The Kier molecular flexibility index (Phi) is 5.25. The van der Waals surface area contributed by atoms with Gasteiger partial charge in [0.05, 0.1) is 0 Å². The van der Waals surface area contributed by atoms with Crippen LogP contribution < -0.4 is 10.6 Å². The molecular weight excluding hydrogens is 270 g/mol. The van der Waals surface area contributed by atoms with Crippen LogP contribution >= 0.6 is 0 Å². The van der Waals surface area contributed by atoms with E-state index in [9.17, 15) is 4.79 Å². The smallest absolute Gasteiger partial charge is 0.271 e. The van der Waals surface area contributed by atoms with Gasteiger partial charge in [-0.2, -0.15) is 0 Å². The molecule has 0 saturated carbocycles. The molecule has 1 amide bonds. The Hall–Kier alpha value is -2.44. The maximum Gasteiger partial charge on any atom is 0.271 e. The zero-order valence-electron chi connectivity index (χ0n) is 12.2. The van der Waals surface area contributed by atoms with Crippen molar-refractivity contribution >= 4 is 17.5 Å². The number of hydrogen-bond donors (Lipinski definition) is 2. The quantitative estimate of drug-likeness (QED) is 0.760. The van der Waals surface area contributed by atoms with E-state index in [1.807, 2.05) is 0 Å². The van der Waals surface area contributed by atoms with Gasteiger partial charge in [0.2, 0.25) is 0 Å². The van der Waals surface area contributed by atoms with Gasteiger partial charge in [0.15, 0.2) is 17.3 Å².